The van der Waals surface area contributed by atoms with E-state index in [1.54, 1.807) is 31.2 Å². The zero-order valence-corrected chi connectivity index (χ0v) is 11.7. The van der Waals surface area contributed by atoms with E-state index in [1.807, 2.05) is 0 Å². The van der Waals surface area contributed by atoms with Gasteiger partial charge in [0.15, 0.2) is 0 Å². The molecule has 0 aliphatic carbocycles. The lowest BCUT2D eigenvalue weighted by atomic mass is 9.92. The minimum atomic E-state index is -4.42. The van der Waals surface area contributed by atoms with Gasteiger partial charge < -0.3 is 10.5 Å². The summed E-state index contributed by atoms with van der Waals surface area (Å²) in [5.74, 6) is 0.646. The van der Waals surface area contributed by atoms with Crippen molar-refractivity contribution in [2.24, 2.45) is 5.73 Å². The van der Waals surface area contributed by atoms with Crippen molar-refractivity contribution in [1.82, 2.24) is 0 Å². The molecule has 112 valence electrons. The van der Waals surface area contributed by atoms with Crippen LogP contribution < -0.4 is 10.5 Å². The predicted octanol–water partition coefficient (Wildman–Crippen LogP) is 4.07. The summed E-state index contributed by atoms with van der Waals surface area (Å²) in [5.41, 5.74) is 6.87. The highest BCUT2D eigenvalue weighted by atomic mass is 19.4. The second-order valence-electron chi connectivity index (χ2n) is 4.79. The van der Waals surface area contributed by atoms with Crippen LogP contribution in [0.1, 0.15) is 28.3 Å². The fourth-order valence-electron chi connectivity index (χ4n) is 2.32. The molecule has 0 fully saturated rings. The van der Waals surface area contributed by atoms with E-state index in [0.29, 0.717) is 11.3 Å². The summed E-state index contributed by atoms with van der Waals surface area (Å²) >= 11 is 0. The third-order valence-corrected chi connectivity index (χ3v) is 3.41. The number of hydrogen-bond donors (Lipinski definition) is 1. The standard InChI is InChI=1S/C16H16F3NO/c1-10-9-11(21-2)7-8-12(10)15(20)13-5-3-4-6-14(13)16(17,18)19/h3-9,15H,20H2,1-2H3. The third kappa shape index (κ3) is 3.19. The molecule has 0 heterocycles. The van der Waals surface area contributed by atoms with Gasteiger partial charge in [-0.05, 0) is 41.8 Å². The second-order valence-corrected chi connectivity index (χ2v) is 4.79. The van der Waals surface area contributed by atoms with Crippen LogP contribution in [0, 0.1) is 6.92 Å². The molecule has 0 bridgehead atoms. The molecule has 2 aromatic carbocycles. The van der Waals surface area contributed by atoms with Crippen LogP contribution in [-0.4, -0.2) is 7.11 Å². The average molecular weight is 295 g/mol. The topological polar surface area (TPSA) is 35.2 Å². The van der Waals surface area contributed by atoms with Crippen LogP contribution in [0.4, 0.5) is 13.2 Å². The third-order valence-electron chi connectivity index (χ3n) is 3.41. The highest BCUT2D eigenvalue weighted by Gasteiger charge is 2.34. The fraction of sp³-hybridized carbons (Fsp3) is 0.250. The van der Waals surface area contributed by atoms with Crippen molar-refractivity contribution in [3.8, 4) is 5.75 Å². The quantitative estimate of drug-likeness (QED) is 0.926. The van der Waals surface area contributed by atoms with Crippen molar-refractivity contribution in [1.29, 1.82) is 0 Å². The van der Waals surface area contributed by atoms with Crippen molar-refractivity contribution >= 4 is 0 Å². The number of hydrogen-bond acceptors (Lipinski definition) is 2. The Morgan fingerprint density at radius 2 is 1.71 bits per heavy atom. The molecule has 21 heavy (non-hydrogen) atoms. The number of ether oxygens (including phenoxy) is 1. The van der Waals surface area contributed by atoms with Crippen molar-refractivity contribution in [2.45, 2.75) is 19.1 Å². The van der Waals surface area contributed by atoms with Crippen molar-refractivity contribution in [3.05, 3.63) is 64.7 Å². The summed E-state index contributed by atoms with van der Waals surface area (Å²) in [5, 5.41) is 0. The zero-order valence-electron chi connectivity index (χ0n) is 11.7. The maximum absolute atomic E-state index is 13.1. The first-order chi connectivity index (χ1) is 9.84. The zero-order chi connectivity index (χ0) is 15.6. The van der Waals surface area contributed by atoms with Gasteiger partial charge in [0.1, 0.15) is 5.75 Å². The van der Waals surface area contributed by atoms with Crippen LogP contribution in [0.5, 0.6) is 5.75 Å². The van der Waals surface area contributed by atoms with Crippen LogP contribution in [0.3, 0.4) is 0 Å². The Kier molecular flexibility index (Phi) is 4.23. The lowest BCUT2D eigenvalue weighted by molar-refractivity contribution is -0.138. The van der Waals surface area contributed by atoms with Crippen molar-refractivity contribution < 1.29 is 17.9 Å². The van der Waals surface area contributed by atoms with Gasteiger partial charge >= 0.3 is 6.18 Å². The molecule has 0 saturated heterocycles. The van der Waals surface area contributed by atoms with E-state index in [9.17, 15) is 13.2 Å². The van der Waals surface area contributed by atoms with E-state index >= 15 is 0 Å². The largest absolute Gasteiger partial charge is 0.497 e. The molecule has 1 unspecified atom stereocenters. The number of halogens is 3. The summed E-state index contributed by atoms with van der Waals surface area (Å²) < 4.78 is 44.3. The SMILES string of the molecule is COc1ccc(C(N)c2ccccc2C(F)(F)F)c(C)c1. The van der Waals surface area contributed by atoms with E-state index in [0.717, 1.165) is 11.6 Å². The first-order valence-electron chi connectivity index (χ1n) is 6.41. The van der Waals surface area contributed by atoms with E-state index in [4.69, 9.17) is 10.5 Å². The van der Waals surface area contributed by atoms with Gasteiger partial charge in [0.25, 0.3) is 0 Å². The Balaban J connectivity index is 2.48. The molecule has 0 aliphatic rings. The molecule has 0 amide bonds. The lowest BCUT2D eigenvalue weighted by Gasteiger charge is -2.20. The molecule has 0 radical (unpaired) electrons. The molecule has 2 aromatic rings. The number of benzene rings is 2. The summed E-state index contributed by atoms with van der Waals surface area (Å²) in [6.07, 6.45) is -4.42. The van der Waals surface area contributed by atoms with Gasteiger partial charge in [0.2, 0.25) is 0 Å². The van der Waals surface area contributed by atoms with E-state index in [2.05, 4.69) is 0 Å². The molecule has 0 aliphatic heterocycles. The number of nitrogens with two attached hydrogens (primary N) is 1. The predicted molar refractivity (Wildman–Crippen MR) is 75.2 cm³/mol. The van der Waals surface area contributed by atoms with Gasteiger partial charge in [-0.1, -0.05) is 24.3 Å². The fourth-order valence-corrected chi connectivity index (χ4v) is 2.32. The Morgan fingerprint density at radius 3 is 2.29 bits per heavy atom. The highest BCUT2D eigenvalue weighted by Crippen LogP contribution is 2.36. The first-order valence-corrected chi connectivity index (χ1v) is 6.41. The normalized spacial score (nSPS) is 13.0. The van der Waals surface area contributed by atoms with Crippen LogP contribution in [-0.2, 0) is 6.18 Å². The van der Waals surface area contributed by atoms with Gasteiger partial charge in [-0.25, -0.2) is 0 Å². The van der Waals surface area contributed by atoms with Crippen molar-refractivity contribution in [2.75, 3.05) is 7.11 Å². The van der Waals surface area contributed by atoms with E-state index < -0.39 is 17.8 Å². The maximum Gasteiger partial charge on any atom is 0.416 e. The molecule has 1 atom stereocenters. The summed E-state index contributed by atoms with van der Waals surface area (Å²) in [4.78, 5) is 0. The second kappa shape index (κ2) is 5.77. The average Bonchev–Trinajstić information content (AvgIpc) is 2.45. The van der Waals surface area contributed by atoms with Gasteiger partial charge in [-0.3, -0.25) is 0 Å². The summed E-state index contributed by atoms with van der Waals surface area (Å²) in [6.45, 7) is 1.80. The molecule has 5 heteroatoms. The van der Waals surface area contributed by atoms with Crippen LogP contribution >= 0.6 is 0 Å². The van der Waals surface area contributed by atoms with E-state index in [-0.39, 0.29) is 5.56 Å². The number of alkyl halides is 3. The first kappa shape index (κ1) is 15.4. The van der Waals surface area contributed by atoms with Gasteiger partial charge in [-0.15, -0.1) is 0 Å². The summed E-state index contributed by atoms with van der Waals surface area (Å²) in [7, 11) is 1.54. The minimum Gasteiger partial charge on any atom is -0.497 e. The maximum atomic E-state index is 13.1. The Labute approximate surface area is 121 Å². The Bertz CT molecular complexity index is 638. The molecular weight excluding hydrogens is 279 g/mol. The molecule has 2 N–H and O–H groups in total. The Morgan fingerprint density at radius 1 is 1.05 bits per heavy atom. The van der Waals surface area contributed by atoms with Gasteiger partial charge in [0, 0.05) is 0 Å². The molecule has 0 spiro atoms. The number of methoxy groups -OCH3 is 1. The molecular formula is C16H16F3NO. The number of aryl methyl sites for hydroxylation is 1. The van der Waals surface area contributed by atoms with Gasteiger partial charge in [0.05, 0.1) is 18.7 Å². The van der Waals surface area contributed by atoms with Gasteiger partial charge in [-0.2, -0.15) is 13.2 Å². The monoisotopic (exact) mass is 295 g/mol. The highest BCUT2D eigenvalue weighted by molar-refractivity contribution is 5.44. The summed E-state index contributed by atoms with van der Waals surface area (Å²) in [6, 6.07) is 9.69. The lowest BCUT2D eigenvalue weighted by Crippen LogP contribution is -2.19. The van der Waals surface area contributed by atoms with E-state index in [1.165, 1.54) is 19.2 Å². The van der Waals surface area contributed by atoms with Crippen LogP contribution in [0.2, 0.25) is 0 Å². The molecule has 0 saturated carbocycles. The molecule has 0 aromatic heterocycles. The van der Waals surface area contributed by atoms with Crippen LogP contribution in [0.25, 0.3) is 0 Å². The Hall–Kier alpha value is -2.01. The van der Waals surface area contributed by atoms with Crippen LogP contribution in [0.15, 0.2) is 42.5 Å². The smallest absolute Gasteiger partial charge is 0.416 e. The molecule has 2 nitrogen and oxygen atoms in total. The number of rotatable bonds is 3. The van der Waals surface area contributed by atoms with Crippen molar-refractivity contribution in [3.63, 3.8) is 0 Å². The molecule has 2 rings (SSSR count). The minimum absolute atomic E-state index is 0.0678.